The first-order valence-corrected chi connectivity index (χ1v) is 8.13. The minimum absolute atomic E-state index is 0.193. The van der Waals surface area contributed by atoms with Crippen LogP contribution in [0.4, 0.5) is 9.18 Å². The summed E-state index contributed by atoms with van der Waals surface area (Å²) < 4.78 is 29.1. The van der Waals surface area contributed by atoms with Crippen molar-refractivity contribution >= 4 is 12.1 Å². The van der Waals surface area contributed by atoms with E-state index < -0.39 is 23.7 Å². The zero-order chi connectivity index (χ0) is 18.6. The highest BCUT2D eigenvalue weighted by Crippen LogP contribution is 2.25. The van der Waals surface area contributed by atoms with E-state index in [1.807, 2.05) is 0 Å². The smallest absolute Gasteiger partial charge is 0.411 e. The lowest BCUT2D eigenvalue weighted by molar-refractivity contribution is -0.145. The third-order valence-electron chi connectivity index (χ3n) is 3.74. The zero-order valence-corrected chi connectivity index (χ0v) is 15.0. The van der Waals surface area contributed by atoms with E-state index in [9.17, 15) is 14.0 Å². The van der Waals surface area contributed by atoms with Crippen molar-refractivity contribution in [2.75, 3.05) is 13.7 Å². The number of rotatable bonds is 4. The van der Waals surface area contributed by atoms with Gasteiger partial charge in [0.2, 0.25) is 0 Å². The first kappa shape index (κ1) is 19.2. The lowest BCUT2D eigenvalue weighted by atomic mass is 10.2. The van der Waals surface area contributed by atoms with Crippen molar-refractivity contribution in [3.63, 3.8) is 0 Å². The summed E-state index contributed by atoms with van der Waals surface area (Å²) in [5.41, 5.74) is 0.0171. The maximum atomic E-state index is 13.2. The molecule has 0 aromatic heterocycles. The molecule has 1 aliphatic heterocycles. The Labute approximate surface area is 146 Å². The van der Waals surface area contributed by atoms with Crippen molar-refractivity contribution in [1.82, 2.24) is 4.90 Å². The van der Waals surface area contributed by atoms with Gasteiger partial charge in [0.1, 0.15) is 17.5 Å². The van der Waals surface area contributed by atoms with E-state index in [0.717, 1.165) is 0 Å². The Bertz CT molecular complexity index is 628. The number of likely N-dealkylation sites (tertiary alicyclic amines) is 1. The van der Waals surface area contributed by atoms with Crippen LogP contribution in [0, 0.1) is 5.82 Å². The highest BCUT2D eigenvalue weighted by atomic mass is 19.1. The second-order valence-electron chi connectivity index (χ2n) is 6.97. The molecule has 0 saturated carbocycles. The van der Waals surface area contributed by atoms with Gasteiger partial charge in [-0.3, -0.25) is 4.90 Å². The van der Waals surface area contributed by atoms with Crippen molar-refractivity contribution in [3.05, 3.63) is 35.6 Å². The Morgan fingerprint density at radius 2 is 2.04 bits per heavy atom. The molecule has 7 heteroatoms. The molecule has 1 aliphatic rings. The molecule has 1 fully saturated rings. The number of carbonyl (C=O) groups is 2. The fraction of sp³-hybridized carbons (Fsp3) is 0.556. The molecule has 25 heavy (non-hydrogen) atoms. The fourth-order valence-electron chi connectivity index (χ4n) is 2.64. The van der Waals surface area contributed by atoms with Crippen LogP contribution in [0.1, 0.15) is 32.8 Å². The standard InChI is InChI=1S/C18H24FNO5/c1-18(2,3)25-17(22)20-10-14(9-15(20)16(21)23-4)24-11-12-6-5-7-13(19)8-12/h5-8,14-15H,9-11H2,1-4H3/t14-,15+/m1/s1. The van der Waals surface area contributed by atoms with E-state index in [0.29, 0.717) is 12.0 Å². The van der Waals surface area contributed by atoms with Gasteiger partial charge in [-0.15, -0.1) is 0 Å². The number of benzene rings is 1. The van der Waals surface area contributed by atoms with E-state index in [1.165, 1.54) is 24.1 Å². The van der Waals surface area contributed by atoms with E-state index in [-0.39, 0.29) is 25.1 Å². The number of halogens is 1. The lowest BCUT2D eigenvalue weighted by Gasteiger charge is -2.27. The number of methoxy groups -OCH3 is 1. The van der Waals surface area contributed by atoms with Gasteiger partial charge in [-0.25, -0.2) is 14.0 Å². The number of ether oxygens (including phenoxy) is 3. The van der Waals surface area contributed by atoms with Gasteiger partial charge in [-0.05, 0) is 38.5 Å². The number of hydrogen-bond acceptors (Lipinski definition) is 5. The van der Waals surface area contributed by atoms with E-state index in [4.69, 9.17) is 14.2 Å². The number of amides is 1. The van der Waals surface area contributed by atoms with Gasteiger partial charge in [-0.1, -0.05) is 12.1 Å². The summed E-state index contributed by atoms with van der Waals surface area (Å²) in [6.07, 6.45) is -0.638. The summed E-state index contributed by atoms with van der Waals surface area (Å²) in [5.74, 6) is -0.849. The van der Waals surface area contributed by atoms with Crippen molar-refractivity contribution in [2.45, 2.75) is 51.5 Å². The lowest BCUT2D eigenvalue weighted by Crippen LogP contribution is -2.44. The molecule has 0 radical (unpaired) electrons. The topological polar surface area (TPSA) is 65.1 Å². The molecule has 0 bridgehead atoms. The largest absolute Gasteiger partial charge is 0.467 e. The van der Waals surface area contributed by atoms with Crippen molar-refractivity contribution in [2.24, 2.45) is 0 Å². The normalized spacial score (nSPS) is 20.4. The number of esters is 1. The predicted molar refractivity (Wildman–Crippen MR) is 88.3 cm³/mol. The van der Waals surface area contributed by atoms with E-state index >= 15 is 0 Å². The minimum Gasteiger partial charge on any atom is -0.467 e. The molecule has 1 aromatic rings. The summed E-state index contributed by atoms with van der Waals surface area (Å²) in [5, 5.41) is 0. The average Bonchev–Trinajstić information content (AvgIpc) is 2.95. The first-order valence-electron chi connectivity index (χ1n) is 8.13. The van der Waals surface area contributed by atoms with Crippen LogP contribution in [-0.4, -0.2) is 48.4 Å². The summed E-state index contributed by atoms with van der Waals surface area (Å²) in [4.78, 5) is 25.7. The summed E-state index contributed by atoms with van der Waals surface area (Å²) in [7, 11) is 1.27. The van der Waals surface area contributed by atoms with Crippen LogP contribution in [-0.2, 0) is 25.6 Å². The molecule has 1 amide bonds. The molecule has 138 valence electrons. The van der Waals surface area contributed by atoms with Gasteiger partial charge in [0.15, 0.2) is 0 Å². The molecular weight excluding hydrogens is 329 g/mol. The van der Waals surface area contributed by atoms with Crippen LogP contribution >= 0.6 is 0 Å². The number of nitrogens with zero attached hydrogens (tertiary/aromatic N) is 1. The fourth-order valence-corrected chi connectivity index (χ4v) is 2.64. The van der Waals surface area contributed by atoms with E-state index in [1.54, 1.807) is 32.9 Å². The van der Waals surface area contributed by atoms with Gasteiger partial charge in [0.05, 0.1) is 26.4 Å². The van der Waals surface area contributed by atoms with Gasteiger partial charge in [-0.2, -0.15) is 0 Å². The molecule has 0 unspecified atom stereocenters. The van der Waals surface area contributed by atoms with Crippen LogP contribution in [0.3, 0.4) is 0 Å². The molecule has 6 nitrogen and oxygen atoms in total. The second-order valence-corrected chi connectivity index (χ2v) is 6.97. The number of hydrogen-bond donors (Lipinski definition) is 0. The molecule has 2 rings (SSSR count). The Hall–Kier alpha value is -2.15. The molecule has 1 heterocycles. The highest BCUT2D eigenvalue weighted by Gasteiger charge is 2.42. The second kappa shape index (κ2) is 7.82. The van der Waals surface area contributed by atoms with Crippen LogP contribution in [0.5, 0.6) is 0 Å². The Morgan fingerprint density at radius 3 is 2.64 bits per heavy atom. The van der Waals surface area contributed by atoms with Crippen molar-refractivity contribution in [1.29, 1.82) is 0 Å². The summed E-state index contributed by atoms with van der Waals surface area (Å²) in [6, 6.07) is 5.35. The van der Waals surface area contributed by atoms with Gasteiger partial charge < -0.3 is 14.2 Å². The van der Waals surface area contributed by atoms with Crippen molar-refractivity contribution < 1.29 is 28.2 Å². The molecule has 2 atom stereocenters. The molecule has 0 N–H and O–H groups in total. The summed E-state index contributed by atoms with van der Waals surface area (Å²) >= 11 is 0. The van der Waals surface area contributed by atoms with E-state index in [2.05, 4.69) is 0 Å². The molecular formula is C18H24FNO5. The van der Waals surface area contributed by atoms with Gasteiger partial charge in [0.25, 0.3) is 0 Å². The third kappa shape index (κ3) is 5.42. The third-order valence-corrected chi connectivity index (χ3v) is 3.74. The van der Waals surface area contributed by atoms with Crippen LogP contribution in [0.15, 0.2) is 24.3 Å². The number of carbonyl (C=O) groups excluding carboxylic acids is 2. The van der Waals surface area contributed by atoms with Crippen LogP contribution in [0.2, 0.25) is 0 Å². The van der Waals surface area contributed by atoms with Gasteiger partial charge in [0, 0.05) is 6.42 Å². The molecule has 0 spiro atoms. The Morgan fingerprint density at radius 1 is 1.32 bits per heavy atom. The highest BCUT2D eigenvalue weighted by molar-refractivity contribution is 5.82. The minimum atomic E-state index is -0.752. The maximum absolute atomic E-state index is 13.2. The van der Waals surface area contributed by atoms with Crippen LogP contribution in [0.25, 0.3) is 0 Å². The quantitative estimate of drug-likeness (QED) is 0.779. The molecule has 1 saturated heterocycles. The predicted octanol–water partition coefficient (Wildman–Crippen LogP) is 2.89. The van der Waals surface area contributed by atoms with Crippen molar-refractivity contribution in [3.8, 4) is 0 Å². The maximum Gasteiger partial charge on any atom is 0.411 e. The first-order chi connectivity index (χ1) is 11.7. The zero-order valence-electron chi connectivity index (χ0n) is 15.0. The SMILES string of the molecule is COC(=O)[C@@H]1C[C@@H](OCc2cccc(F)c2)CN1C(=O)OC(C)(C)C. The molecule has 0 aliphatic carbocycles. The average molecular weight is 353 g/mol. The Balaban J connectivity index is 2.02. The molecule has 1 aromatic carbocycles. The van der Waals surface area contributed by atoms with Gasteiger partial charge >= 0.3 is 12.1 Å². The monoisotopic (exact) mass is 353 g/mol. The van der Waals surface area contributed by atoms with Crippen LogP contribution < -0.4 is 0 Å². The Kier molecular flexibility index (Phi) is 6.00. The summed E-state index contributed by atoms with van der Waals surface area (Å²) in [6.45, 7) is 5.67.